The number of ether oxygens (including phenoxy) is 1. The van der Waals surface area contributed by atoms with Crippen LogP contribution in [0, 0.1) is 0 Å². The summed E-state index contributed by atoms with van der Waals surface area (Å²) in [6, 6.07) is 1.31. The minimum atomic E-state index is -0.952. The molecule has 0 fully saturated rings. The zero-order chi connectivity index (χ0) is 15.3. The van der Waals surface area contributed by atoms with Crippen LogP contribution in [-0.2, 0) is 22.6 Å². The number of nitrogens with one attached hydrogen (secondary N) is 1. The maximum atomic E-state index is 11.2. The second-order valence-electron chi connectivity index (χ2n) is 4.24. The largest absolute Gasteiger partial charge is 0.504 e. The van der Waals surface area contributed by atoms with E-state index in [0.717, 1.165) is 13.3 Å². The summed E-state index contributed by atoms with van der Waals surface area (Å²) in [5.41, 5.74) is 0.747. The van der Waals surface area contributed by atoms with E-state index in [-0.39, 0.29) is 12.2 Å². The van der Waals surface area contributed by atoms with Gasteiger partial charge in [-0.2, -0.15) is 0 Å². The number of carbonyl (C=O) groups excluding carboxylic acids is 2. The van der Waals surface area contributed by atoms with E-state index in [9.17, 15) is 24.9 Å². The first kappa shape index (κ1) is 15.6. The summed E-state index contributed by atoms with van der Waals surface area (Å²) < 4.78 is 4.78. The number of imide groups is 1. The molecule has 0 aliphatic heterocycles. The standard InChI is InChI=1S/C13H17NO6/c1-3-4-8-5-10(16)12(18)11(17)9(8)6-20-13(19)14-7(2)15/h5,16-18H,3-4,6H2,1-2H3,(H,14,15,19). The zero-order valence-corrected chi connectivity index (χ0v) is 11.3. The highest BCUT2D eigenvalue weighted by Crippen LogP contribution is 2.40. The maximum Gasteiger partial charge on any atom is 0.414 e. The average Bonchev–Trinajstić information content (AvgIpc) is 2.35. The molecule has 7 heteroatoms. The predicted octanol–water partition coefficient (Wildman–Crippen LogP) is 1.53. The number of rotatable bonds is 4. The number of benzene rings is 1. The van der Waals surface area contributed by atoms with Gasteiger partial charge >= 0.3 is 6.09 Å². The molecular formula is C13H17NO6. The molecule has 0 aromatic heterocycles. The third kappa shape index (κ3) is 3.78. The van der Waals surface area contributed by atoms with Crippen molar-refractivity contribution in [3.8, 4) is 17.2 Å². The first-order valence-corrected chi connectivity index (χ1v) is 6.06. The van der Waals surface area contributed by atoms with Crippen molar-refractivity contribution in [2.75, 3.05) is 0 Å². The third-order valence-electron chi connectivity index (χ3n) is 2.60. The molecule has 110 valence electrons. The van der Waals surface area contributed by atoms with Crippen molar-refractivity contribution in [3.63, 3.8) is 0 Å². The van der Waals surface area contributed by atoms with Crippen LogP contribution in [-0.4, -0.2) is 27.3 Å². The van der Waals surface area contributed by atoms with Crippen LogP contribution in [0.2, 0.25) is 0 Å². The van der Waals surface area contributed by atoms with Gasteiger partial charge in [0.2, 0.25) is 11.7 Å². The summed E-state index contributed by atoms with van der Waals surface area (Å²) in [5.74, 6) is -2.22. The fourth-order valence-electron chi connectivity index (χ4n) is 1.71. The van der Waals surface area contributed by atoms with Crippen molar-refractivity contribution in [2.45, 2.75) is 33.3 Å². The normalized spacial score (nSPS) is 10.1. The zero-order valence-electron chi connectivity index (χ0n) is 11.3. The number of aryl methyl sites for hydroxylation is 1. The van der Waals surface area contributed by atoms with Gasteiger partial charge in [0.15, 0.2) is 11.5 Å². The number of phenols is 3. The molecule has 0 spiro atoms. The molecule has 0 unspecified atom stereocenters. The Morgan fingerprint density at radius 2 is 1.90 bits per heavy atom. The van der Waals surface area contributed by atoms with Gasteiger partial charge in [0.1, 0.15) is 6.61 Å². The molecule has 0 aliphatic rings. The van der Waals surface area contributed by atoms with Gasteiger partial charge in [-0.25, -0.2) is 4.79 Å². The number of carbonyl (C=O) groups is 2. The first-order chi connectivity index (χ1) is 9.36. The van der Waals surface area contributed by atoms with Gasteiger partial charge in [-0.15, -0.1) is 0 Å². The van der Waals surface area contributed by atoms with Gasteiger partial charge in [0.05, 0.1) is 0 Å². The number of amides is 2. The Hall–Kier alpha value is -2.44. The summed E-state index contributed by atoms with van der Waals surface area (Å²) in [5, 5.41) is 30.6. The van der Waals surface area contributed by atoms with Crippen LogP contribution in [0.4, 0.5) is 4.79 Å². The van der Waals surface area contributed by atoms with Crippen LogP contribution in [0.3, 0.4) is 0 Å². The lowest BCUT2D eigenvalue weighted by Gasteiger charge is -2.13. The second kappa shape index (κ2) is 6.65. The Morgan fingerprint density at radius 3 is 2.45 bits per heavy atom. The number of hydrogen-bond acceptors (Lipinski definition) is 6. The Morgan fingerprint density at radius 1 is 1.25 bits per heavy atom. The minimum Gasteiger partial charge on any atom is -0.504 e. The topological polar surface area (TPSA) is 116 Å². The Labute approximate surface area is 115 Å². The second-order valence-corrected chi connectivity index (χ2v) is 4.24. The molecule has 0 aliphatic carbocycles. The number of alkyl carbamates (subject to hydrolysis) is 1. The van der Waals surface area contributed by atoms with Crippen LogP contribution in [0.15, 0.2) is 6.07 Å². The van der Waals surface area contributed by atoms with Gasteiger partial charge in [0, 0.05) is 12.5 Å². The van der Waals surface area contributed by atoms with E-state index in [1.807, 2.05) is 12.2 Å². The van der Waals surface area contributed by atoms with E-state index >= 15 is 0 Å². The molecule has 0 bridgehead atoms. The molecule has 4 N–H and O–H groups in total. The molecule has 20 heavy (non-hydrogen) atoms. The predicted molar refractivity (Wildman–Crippen MR) is 69.4 cm³/mol. The monoisotopic (exact) mass is 283 g/mol. The highest BCUT2D eigenvalue weighted by molar-refractivity contribution is 5.90. The molecule has 1 aromatic carbocycles. The van der Waals surface area contributed by atoms with Crippen LogP contribution < -0.4 is 5.32 Å². The Kier molecular flexibility index (Phi) is 5.19. The van der Waals surface area contributed by atoms with Crippen LogP contribution in [0.25, 0.3) is 0 Å². The van der Waals surface area contributed by atoms with Crippen LogP contribution in [0.1, 0.15) is 31.4 Å². The van der Waals surface area contributed by atoms with Crippen LogP contribution >= 0.6 is 0 Å². The number of hydrogen-bond donors (Lipinski definition) is 4. The summed E-state index contributed by atoms with van der Waals surface area (Å²) in [4.78, 5) is 21.9. The average molecular weight is 283 g/mol. The van der Waals surface area contributed by atoms with E-state index in [1.54, 1.807) is 0 Å². The quantitative estimate of drug-likeness (QED) is 0.623. The summed E-state index contributed by atoms with van der Waals surface area (Å²) in [6.45, 7) is 2.73. The third-order valence-corrected chi connectivity index (χ3v) is 2.60. The lowest BCUT2D eigenvalue weighted by atomic mass is 10.0. The molecule has 0 radical (unpaired) electrons. The molecular weight excluding hydrogens is 266 g/mol. The fraction of sp³-hybridized carbons (Fsp3) is 0.385. The molecule has 0 atom stereocenters. The maximum absolute atomic E-state index is 11.2. The van der Waals surface area contributed by atoms with Crippen molar-refractivity contribution in [1.82, 2.24) is 5.32 Å². The van der Waals surface area contributed by atoms with Crippen molar-refractivity contribution < 1.29 is 29.6 Å². The molecule has 1 aromatic rings. The van der Waals surface area contributed by atoms with E-state index in [0.29, 0.717) is 12.0 Å². The Balaban J connectivity index is 2.95. The van der Waals surface area contributed by atoms with E-state index in [4.69, 9.17) is 4.74 Å². The lowest BCUT2D eigenvalue weighted by molar-refractivity contribution is -0.118. The van der Waals surface area contributed by atoms with Crippen molar-refractivity contribution in [3.05, 3.63) is 17.2 Å². The van der Waals surface area contributed by atoms with Gasteiger partial charge in [0.25, 0.3) is 0 Å². The molecule has 0 saturated heterocycles. The summed E-state index contributed by atoms with van der Waals surface area (Å²) >= 11 is 0. The molecule has 0 heterocycles. The smallest absolute Gasteiger partial charge is 0.414 e. The highest BCUT2D eigenvalue weighted by atomic mass is 16.5. The van der Waals surface area contributed by atoms with E-state index in [2.05, 4.69) is 0 Å². The summed E-state index contributed by atoms with van der Waals surface area (Å²) in [7, 11) is 0. The summed E-state index contributed by atoms with van der Waals surface area (Å²) in [6.07, 6.45) is 0.303. The first-order valence-electron chi connectivity index (χ1n) is 6.06. The molecule has 2 amide bonds. The fourth-order valence-corrected chi connectivity index (χ4v) is 1.71. The van der Waals surface area contributed by atoms with Crippen molar-refractivity contribution >= 4 is 12.0 Å². The molecule has 1 rings (SSSR count). The van der Waals surface area contributed by atoms with Gasteiger partial charge in [-0.05, 0) is 18.1 Å². The Bertz CT molecular complexity index is 526. The highest BCUT2D eigenvalue weighted by Gasteiger charge is 2.18. The molecule has 7 nitrogen and oxygen atoms in total. The van der Waals surface area contributed by atoms with Gasteiger partial charge in [-0.3, -0.25) is 10.1 Å². The SMILES string of the molecule is CCCc1cc(O)c(O)c(O)c1COC(=O)NC(C)=O. The van der Waals surface area contributed by atoms with Gasteiger partial charge in [-0.1, -0.05) is 13.3 Å². The van der Waals surface area contributed by atoms with Crippen molar-refractivity contribution in [2.24, 2.45) is 0 Å². The number of phenolic OH excluding ortho intramolecular Hbond substituents is 3. The molecule has 0 saturated carbocycles. The van der Waals surface area contributed by atoms with Crippen molar-refractivity contribution in [1.29, 1.82) is 0 Å². The van der Waals surface area contributed by atoms with Gasteiger partial charge < -0.3 is 20.1 Å². The lowest BCUT2D eigenvalue weighted by Crippen LogP contribution is -2.28. The number of aromatic hydroxyl groups is 3. The minimum absolute atomic E-state index is 0.195. The van der Waals surface area contributed by atoms with E-state index < -0.39 is 29.2 Å². The van der Waals surface area contributed by atoms with E-state index in [1.165, 1.54) is 6.07 Å². The van der Waals surface area contributed by atoms with Crippen LogP contribution in [0.5, 0.6) is 17.2 Å².